The highest BCUT2D eigenvalue weighted by Gasteiger charge is 2.53. The number of carbonyl (C=O) groups is 3. The predicted octanol–water partition coefficient (Wildman–Crippen LogP) is 2.37. The van der Waals surface area contributed by atoms with E-state index in [2.05, 4.69) is 14.9 Å². The van der Waals surface area contributed by atoms with Crippen LogP contribution >= 0.6 is 0 Å². The third kappa shape index (κ3) is 3.73. The van der Waals surface area contributed by atoms with Crippen LogP contribution < -0.4 is 10.5 Å². The number of amides is 3. The number of methoxy groups -OCH3 is 1. The zero-order valence-corrected chi connectivity index (χ0v) is 18.2. The molecule has 2 heterocycles. The van der Waals surface area contributed by atoms with Gasteiger partial charge in [-0.15, -0.1) is 0 Å². The number of rotatable bonds is 5. The summed E-state index contributed by atoms with van der Waals surface area (Å²) in [7, 11) is 1.17. The number of nitrogens with one attached hydrogen (secondary N) is 1. The van der Waals surface area contributed by atoms with Crippen LogP contribution in [0.15, 0.2) is 47.3 Å². The van der Waals surface area contributed by atoms with Crippen LogP contribution in [0.5, 0.6) is 0 Å². The molecule has 0 saturated carbocycles. The molecule has 1 N–H and O–H groups in total. The maximum absolute atomic E-state index is 14.8. The van der Waals surface area contributed by atoms with Crippen LogP contribution in [-0.4, -0.2) is 52.2 Å². The SMILES string of the molecule is COC(=O)CN1C(=O)N(c2cc(Cc3n[nH]c(=O)c4ccccc34)ccc2F)C(=O)C1(C)C. The first-order valence-electron chi connectivity index (χ1n) is 10.1. The summed E-state index contributed by atoms with van der Waals surface area (Å²) in [6, 6.07) is 10.2. The number of imide groups is 1. The average Bonchev–Trinajstić information content (AvgIpc) is 2.96. The van der Waals surface area contributed by atoms with Crippen molar-refractivity contribution in [2.45, 2.75) is 25.8 Å². The number of hydrogen-bond acceptors (Lipinski definition) is 6. The topological polar surface area (TPSA) is 113 Å². The first-order valence-corrected chi connectivity index (χ1v) is 10.1. The first-order chi connectivity index (χ1) is 15.6. The van der Waals surface area contributed by atoms with Gasteiger partial charge in [-0.1, -0.05) is 24.3 Å². The van der Waals surface area contributed by atoms with Crippen LogP contribution in [0.2, 0.25) is 0 Å². The van der Waals surface area contributed by atoms with Crippen molar-refractivity contribution in [3.8, 4) is 0 Å². The van der Waals surface area contributed by atoms with Gasteiger partial charge in [0.15, 0.2) is 0 Å². The Balaban J connectivity index is 1.72. The van der Waals surface area contributed by atoms with Gasteiger partial charge >= 0.3 is 12.0 Å². The zero-order valence-electron chi connectivity index (χ0n) is 18.2. The molecule has 0 atom stereocenters. The summed E-state index contributed by atoms with van der Waals surface area (Å²) in [5.74, 6) is -2.13. The number of urea groups is 1. The molecular weight excluding hydrogens is 431 g/mol. The molecule has 0 unspecified atom stereocenters. The molecule has 1 aliphatic heterocycles. The molecule has 4 rings (SSSR count). The normalized spacial score (nSPS) is 15.4. The van der Waals surface area contributed by atoms with E-state index in [1.165, 1.54) is 33.1 Å². The largest absolute Gasteiger partial charge is 0.468 e. The summed E-state index contributed by atoms with van der Waals surface area (Å²) in [5, 5.41) is 7.68. The van der Waals surface area contributed by atoms with Gasteiger partial charge in [0.25, 0.3) is 11.5 Å². The lowest BCUT2D eigenvalue weighted by atomic mass is 10.0. The van der Waals surface area contributed by atoms with Crippen molar-refractivity contribution in [2.24, 2.45) is 0 Å². The lowest BCUT2D eigenvalue weighted by Crippen LogP contribution is -2.46. The summed E-state index contributed by atoms with van der Waals surface area (Å²) < 4.78 is 19.4. The fourth-order valence-corrected chi connectivity index (χ4v) is 3.85. The van der Waals surface area contributed by atoms with Gasteiger partial charge in [-0.05, 0) is 37.6 Å². The number of H-pyrrole nitrogens is 1. The fourth-order valence-electron chi connectivity index (χ4n) is 3.85. The monoisotopic (exact) mass is 452 g/mol. The third-order valence-electron chi connectivity index (χ3n) is 5.74. The predicted molar refractivity (Wildman–Crippen MR) is 117 cm³/mol. The summed E-state index contributed by atoms with van der Waals surface area (Å²) in [5.41, 5.74) is -0.799. The smallest absolute Gasteiger partial charge is 0.332 e. The average molecular weight is 452 g/mol. The second-order valence-corrected chi connectivity index (χ2v) is 8.15. The quantitative estimate of drug-likeness (QED) is 0.470. The Kier molecular flexibility index (Phi) is 5.44. The molecule has 0 radical (unpaired) electrons. The van der Waals surface area contributed by atoms with Crippen molar-refractivity contribution in [3.05, 3.63) is 69.9 Å². The second kappa shape index (κ2) is 8.12. The number of hydrogen-bond donors (Lipinski definition) is 1. The Labute approximate surface area is 187 Å². The van der Waals surface area contributed by atoms with Gasteiger partial charge in [0, 0.05) is 11.8 Å². The van der Waals surface area contributed by atoms with E-state index >= 15 is 0 Å². The number of benzene rings is 2. The Morgan fingerprint density at radius 1 is 1.12 bits per heavy atom. The van der Waals surface area contributed by atoms with E-state index in [1.807, 2.05) is 0 Å². The van der Waals surface area contributed by atoms with E-state index < -0.39 is 35.8 Å². The number of ether oxygens (including phenoxy) is 1. The van der Waals surface area contributed by atoms with E-state index in [0.717, 1.165) is 15.9 Å². The van der Waals surface area contributed by atoms with Gasteiger partial charge in [0.05, 0.1) is 23.9 Å². The van der Waals surface area contributed by atoms with Crippen LogP contribution in [0.1, 0.15) is 25.1 Å². The molecule has 0 aliphatic carbocycles. The number of aromatic amines is 1. The molecule has 2 aromatic carbocycles. The highest BCUT2D eigenvalue weighted by molar-refractivity contribution is 6.23. The van der Waals surface area contributed by atoms with Gasteiger partial charge in [-0.25, -0.2) is 19.2 Å². The summed E-state index contributed by atoms with van der Waals surface area (Å²) in [4.78, 5) is 51.6. The number of anilines is 1. The van der Waals surface area contributed by atoms with Crippen molar-refractivity contribution in [1.29, 1.82) is 0 Å². The highest BCUT2D eigenvalue weighted by atomic mass is 19.1. The summed E-state index contributed by atoms with van der Waals surface area (Å²) in [6.07, 6.45) is 0.218. The lowest BCUT2D eigenvalue weighted by Gasteiger charge is -2.26. The number of nitrogens with zero attached hydrogens (tertiary/aromatic N) is 3. The van der Waals surface area contributed by atoms with E-state index in [-0.39, 0.29) is 17.7 Å². The molecule has 3 amide bonds. The van der Waals surface area contributed by atoms with Gasteiger partial charge < -0.3 is 4.74 Å². The minimum absolute atomic E-state index is 0.218. The Hall–Kier alpha value is -4.08. The molecule has 0 bridgehead atoms. The van der Waals surface area contributed by atoms with Crippen LogP contribution in [0, 0.1) is 5.82 Å². The zero-order chi connectivity index (χ0) is 23.9. The molecule has 10 heteroatoms. The minimum Gasteiger partial charge on any atom is -0.468 e. The van der Waals surface area contributed by atoms with Crippen LogP contribution in [0.4, 0.5) is 14.9 Å². The molecule has 0 spiro atoms. The van der Waals surface area contributed by atoms with E-state index in [9.17, 15) is 23.6 Å². The minimum atomic E-state index is -1.37. The van der Waals surface area contributed by atoms with Crippen LogP contribution in [0.25, 0.3) is 10.8 Å². The highest BCUT2D eigenvalue weighted by Crippen LogP contribution is 2.34. The third-order valence-corrected chi connectivity index (χ3v) is 5.74. The van der Waals surface area contributed by atoms with Gasteiger partial charge in [0.1, 0.15) is 17.9 Å². The number of halogens is 1. The number of aromatic nitrogens is 2. The van der Waals surface area contributed by atoms with Gasteiger partial charge in [-0.3, -0.25) is 19.3 Å². The van der Waals surface area contributed by atoms with E-state index in [4.69, 9.17) is 0 Å². The van der Waals surface area contributed by atoms with Crippen molar-refractivity contribution >= 4 is 34.4 Å². The maximum Gasteiger partial charge on any atom is 0.332 e. The number of esters is 1. The summed E-state index contributed by atoms with van der Waals surface area (Å²) in [6.45, 7) is 2.52. The van der Waals surface area contributed by atoms with E-state index in [1.54, 1.807) is 24.3 Å². The van der Waals surface area contributed by atoms with Crippen LogP contribution in [-0.2, 0) is 20.7 Å². The Morgan fingerprint density at radius 3 is 2.52 bits per heavy atom. The molecule has 1 saturated heterocycles. The lowest BCUT2D eigenvalue weighted by molar-refractivity contribution is -0.142. The molecule has 33 heavy (non-hydrogen) atoms. The first kappa shape index (κ1) is 22.1. The molecule has 9 nitrogen and oxygen atoms in total. The second-order valence-electron chi connectivity index (χ2n) is 8.15. The molecule has 1 aliphatic rings. The van der Waals surface area contributed by atoms with Gasteiger partial charge in [-0.2, -0.15) is 5.10 Å². The van der Waals surface area contributed by atoms with Crippen molar-refractivity contribution < 1.29 is 23.5 Å². The fraction of sp³-hybridized carbons (Fsp3) is 0.261. The van der Waals surface area contributed by atoms with Gasteiger partial charge in [0.2, 0.25) is 0 Å². The van der Waals surface area contributed by atoms with Crippen molar-refractivity contribution in [2.75, 3.05) is 18.6 Å². The van der Waals surface area contributed by atoms with E-state index in [0.29, 0.717) is 22.0 Å². The number of fused-ring (bicyclic) bond motifs is 1. The Bertz CT molecular complexity index is 1350. The molecule has 1 fully saturated rings. The summed E-state index contributed by atoms with van der Waals surface area (Å²) >= 11 is 0. The van der Waals surface area contributed by atoms with Crippen molar-refractivity contribution in [3.63, 3.8) is 0 Å². The molecule has 3 aromatic rings. The molecule has 170 valence electrons. The standard InChI is InChI=1S/C23H21FN4O5/c1-23(2)21(31)28(22(32)27(23)12-19(29)33-3)18-11-13(8-9-16(18)24)10-17-14-6-4-5-7-15(14)20(30)26-25-17/h4-9,11H,10,12H2,1-3H3,(H,26,30). The maximum atomic E-state index is 14.8. The van der Waals surface area contributed by atoms with Crippen LogP contribution in [0.3, 0.4) is 0 Å². The number of carbonyl (C=O) groups excluding carboxylic acids is 3. The van der Waals surface area contributed by atoms with Crippen molar-refractivity contribution in [1.82, 2.24) is 15.1 Å². The molecule has 1 aromatic heterocycles. The molecular formula is C23H21FN4O5. The Morgan fingerprint density at radius 2 is 1.82 bits per heavy atom.